The summed E-state index contributed by atoms with van der Waals surface area (Å²) in [6.45, 7) is 4.15. The van der Waals surface area contributed by atoms with Gasteiger partial charge in [0.25, 0.3) is 5.91 Å². The van der Waals surface area contributed by atoms with E-state index in [1.54, 1.807) is 0 Å². The summed E-state index contributed by atoms with van der Waals surface area (Å²) in [7, 11) is 1.83. The van der Waals surface area contributed by atoms with Crippen LogP contribution in [0, 0.1) is 6.92 Å². The molecule has 0 aliphatic carbocycles. The molecule has 0 spiro atoms. The predicted molar refractivity (Wildman–Crippen MR) is 89.1 cm³/mol. The van der Waals surface area contributed by atoms with Crippen LogP contribution in [0.25, 0.3) is 0 Å². The Balaban J connectivity index is 2.26. The molecule has 0 radical (unpaired) electrons. The third-order valence-electron chi connectivity index (χ3n) is 3.47. The lowest BCUT2D eigenvalue weighted by Gasteiger charge is -2.13. The molecule has 2 aromatic carbocycles. The van der Waals surface area contributed by atoms with Gasteiger partial charge < -0.3 is 10.6 Å². The van der Waals surface area contributed by atoms with Crippen LogP contribution in [0.15, 0.2) is 42.5 Å². The molecular weight excluding hydrogens is 260 g/mol. The fourth-order valence-electron chi connectivity index (χ4n) is 2.38. The van der Waals surface area contributed by atoms with Gasteiger partial charge in [0.2, 0.25) is 0 Å². The van der Waals surface area contributed by atoms with Crippen molar-refractivity contribution >= 4 is 17.3 Å². The third-order valence-corrected chi connectivity index (χ3v) is 3.47. The largest absolute Gasteiger partial charge is 0.387 e. The number of para-hydroxylation sites is 1. The Hall–Kier alpha value is -2.29. The van der Waals surface area contributed by atoms with Crippen molar-refractivity contribution in [1.29, 1.82) is 0 Å². The molecule has 0 aliphatic heterocycles. The summed E-state index contributed by atoms with van der Waals surface area (Å²) in [5, 5.41) is 6.11. The Morgan fingerprint density at radius 2 is 1.86 bits per heavy atom. The standard InChI is InChI=1S/C18H22N2O/c1-4-7-14-8-5-6-9-16(14)20-18(21)15-11-10-13(2)12-17(15)19-3/h5-6,8-12,19H,4,7H2,1-3H3,(H,20,21). The minimum absolute atomic E-state index is 0.0806. The molecule has 0 aliphatic rings. The van der Waals surface area contributed by atoms with Gasteiger partial charge in [-0.25, -0.2) is 0 Å². The Morgan fingerprint density at radius 1 is 1.10 bits per heavy atom. The van der Waals surface area contributed by atoms with E-state index in [2.05, 4.69) is 23.6 Å². The van der Waals surface area contributed by atoms with E-state index in [0.29, 0.717) is 5.56 Å². The molecule has 0 unspecified atom stereocenters. The van der Waals surface area contributed by atoms with Gasteiger partial charge in [0.15, 0.2) is 0 Å². The first-order valence-electron chi connectivity index (χ1n) is 7.33. The number of carbonyl (C=O) groups excluding carboxylic acids is 1. The number of aryl methyl sites for hydroxylation is 2. The van der Waals surface area contributed by atoms with Crippen molar-refractivity contribution in [3.05, 3.63) is 59.2 Å². The summed E-state index contributed by atoms with van der Waals surface area (Å²) in [4.78, 5) is 12.5. The lowest BCUT2D eigenvalue weighted by Crippen LogP contribution is -2.15. The average molecular weight is 282 g/mol. The topological polar surface area (TPSA) is 41.1 Å². The van der Waals surface area contributed by atoms with Gasteiger partial charge in [-0.05, 0) is 42.7 Å². The SMILES string of the molecule is CCCc1ccccc1NC(=O)c1ccc(C)cc1NC. The first-order chi connectivity index (χ1) is 10.2. The number of hydrogen-bond acceptors (Lipinski definition) is 2. The van der Waals surface area contributed by atoms with Crippen LogP contribution in [0.3, 0.4) is 0 Å². The maximum absolute atomic E-state index is 12.5. The number of amides is 1. The lowest BCUT2D eigenvalue weighted by molar-refractivity contribution is 0.102. The Labute approximate surface area is 126 Å². The highest BCUT2D eigenvalue weighted by Gasteiger charge is 2.12. The van der Waals surface area contributed by atoms with E-state index in [1.807, 2.05) is 50.4 Å². The van der Waals surface area contributed by atoms with Crippen LogP contribution in [0.2, 0.25) is 0 Å². The highest BCUT2D eigenvalue weighted by molar-refractivity contribution is 6.08. The molecule has 0 bridgehead atoms. The molecule has 110 valence electrons. The van der Waals surface area contributed by atoms with E-state index >= 15 is 0 Å². The quantitative estimate of drug-likeness (QED) is 0.861. The van der Waals surface area contributed by atoms with Gasteiger partial charge in [-0.15, -0.1) is 0 Å². The summed E-state index contributed by atoms with van der Waals surface area (Å²) in [6, 6.07) is 13.8. The van der Waals surface area contributed by atoms with E-state index < -0.39 is 0 Å². The fraction of sp³-hybridized carbons (Fsp3) is 0.278. The van der Waals surface area contributed by atoms with Crippen LogP contribution < -0.4 is 10.6 Å². The number of carbonyl (C=O) groups is 1. The second-order valence-electron chi connectivity index (χ2n) is 5.16. The average Bonchev–Trinajstić information content (AvgIpc) is 2.49. The normalized spacial score (nSPS) is 10.2. The molecule has 3 nitrogen and oxygen atoms in total. The zero-order valence-electron chi connectivity index (χ0n) is 12.9. The molecule has 0 atom stereocenters. The van der Waals surface area contributed by atoms with E-state index in [-0.39, 0.29) is 5.91 Å². The van der Waals surface area contributed by atoms with Crippen LogP contribution in [-0.4, -0.2) is 13.0 Å². The van der Waals surface area contributed by atoms with Gasteiger partial charge in [-0.3, -0.25) is 4.79 Å². The zero-order chi connectivity index (χ0) is 15.2. The number of anilines is 2. The molecule has 0 saturated heterocycles. The van der Waals surface area contributed by atoms with E-state index in [9.17, 15) is 4.79 Å². The van der Waals surface area contributed by atoms with Crippen molar-refractivity contribution in [2.75, 3.05) is 17.7 Å². The molecule has 21 heavy (non-hydrogen) atoms. The van der Waals surface area contributed by atoms with Crippen LogP contribution in [-0.2, 0) is 6.42 Å². The summed E-state index contributed by atoms with van der Waals surface area (Å²) in [5.41, 5.74) is 4.70. The Morgan fingerprint density at radius 3 is 2.57 bits per heavy atom. The molecule has 2 rings (SSSR count). The van der Waals surface area contributed by atoms with Gasteiger partial charge >= 0.3 is 0 Å². The summed E-state index contributed by atoms with van der Waals surface area (Å²) in [5.74, 6) is -0.0806. The van der Waals surface area contributed by atoms with Crippen LogP contribution in [0.4, 0.5) is 11.4 Å². The molecule has 3 heteroatoms. The molecule has 0 aromatic heterocycles. The first-order valence-corrected chi connectivity index (χ1v) is 7.33. The lowest BCUT2D eigenvalue weighted by atomic mass is 10.1. The highest BCUT2D eigenvalue weighted by atomic mass is 16.1. The molecule has 0 fully saturated rings. The molecule has 1 amide bonds. The number of rotatable bonds is 5. The van der Waals surface area contributed by atoms with Gasteiger partial charge in [0.05, 0.1) is 5.56 Å². The molecule has 2 N–H and O–H groups in total. The summed E-state index contributed by atoms with van der Waals surface area (Å²) >= 11 is 0. The first kappa shape index (κ1) is 15.1. The van der Waals surface area contributed by atoms with Gasteiger partial charge in [-0.1, -0.05) is 37.6 Å². The summed E-state index contributed by atoms with van der Waals surface area (Å²) in [6.07, 6.45) is 2.02. The molecule has 2 aromatic rings. The van der Waals surface area contributed by atoms with Crippen LogP contribution in [0.1, 0.15) is 34.8 Å². The van der Waals surface area contributed by atoms with Crippen molar-refractivity contribution in [3.8, 4) is 0 Å². The second-order valence-corrected chi connectivity index (χ2v) is 5.16. The Bertz CT molecular complexity index is 635. The third kappa shape index (κ3) is 3.63. The highest BCUT2D eigenvalue weighted by Crippen LogP contribution is 2.21. The number of nitrogens with one attached hydrogen (secondary N) is 2. The van der Waals surface area contributed by atoms with E-state index in [0.717, 1.165) is 29.8 Å². The smallest absolute Gasteiger partial charge is 0.257 e. The predicted octanol–water partition coefficient (Wildman–Crippen LogP) is 4.24. The van der Waals surface area contributed by atoms with E-state index in [4.69, 9.17) is 0 Å². The van der Waals surface area contributed by atoms with Gasteiger partial charge in [0, 0.05) is 18.4 Å². The Kier molecular flexibility index (Phi) is 4.99. The fourth-order valence-corrected chi connectivity index (χ4v) is 2.38. The summed E-state index contributed by atoms with van der Waals surface area (Å²) < 4.78 is 0. The zero-order valence-corrected chi connectivity index (χ0v) is 12.9. The van der Waals surface area contributed by atoms with Crippen molar-refractivity contribution < 1.29 is 4.79 Å². The van der Waals surface area contributed by atoms with Gasteiger partial charge in [-0.2, -0.15) is 0 Å². The van der Waals surface area contributed by atoms with Crippen molar-refractivity contribution in [1.82, 2.24) is 0 Å². The monoisotopic (exact) mass is 282 g/mol. The maximum atomic E-state index is 12.5. The minimum Gasteiger partial charge on any atom is -0.387 e. The minimum atomic E-state index is -0.0806. The van der Waals surface area contributed by atoms with Gasteiger partial charge in [0.1, 0.15) is 0 Å². The molecule has 0 heterocycles. The maximum Gasteiger partial charge on any atom is 0.257 e. The van der Waals surface area contributed by atoms with Crippen LogP contribution in [0.5, 0.6) is 0 Å². The number of hydrogen-bond donors (Lipinski definition) is 2. The van der Waals surface area contributed by atoms with Crippen molar-refractivity contribution in [3.63, 3.8) is 0 Å². The second kappa shape index (κ2) is 6.93. The van der Waals surface area contributed by atoms with Crippen LogP contribution >= 0.6 is 0 Å². The van der Waals surface area contributed by atoms with Crippen molar-refractivity contribution in [2.24, 2.45) is 0 Å². The molecular formula is C18H22N2O. The molecule has 0 saturated carbocycles. The van der Waals surface area contributed by atoms with E-state index in [1.165, 1.54) is 5.56 Å². The van der Waals surface area contributed by atoms with Crippen molar-refractivity contribution in [2.45, 2.75) is 26.7 Å². The number of benzene rings is 2.